The highest BCUT2D eigenvalue weighted by Gasteiger charge is 2.41. The number of nitrogens with zero attached hydrogens (tertiary/aromatic N) is 1. The second-order valence-corrected chi connectivity index (χ2v) is 7.70. The zero-order valence-corrected chi connectivity index (χ0v) is 17.0. The fourth-order valence-corrected chi connectivity index (χ4v) is 3.82. The van der Waals surface area contributed by atoms with Gasteiger partial charge in [0.05, 0.1) is 11.1 Å². The van der Waals surface area contributed by atoms with Crippen LogP contribution in [0.4, 0.5) is 4.79 Å². The van der Waals surface area contributed by atoms with Gasteiger partial charge in [0.1, 0.15) is 6.04 Å². The van der Waals surface area contributed by atoms with Gasteiger partial charge in [0.25, 0.3) is 17.7 Å². The first-order chi connectivity index (χ1) is 14.3. The summed E-state index contributed by atoms with van der Waals surface area (Å²) in [5.74, 6) is -2.56. The van der Waals surface area contributed by atoms with Gasteiger partial charge >= 0.3 is 12.0 Å². The van der Waals surface area contributed by atoms with Gasteiger partial charge in [0.15, 0.2) is 6.61 Å². The molecule has 1 heterocycles. The van der Waals surface area contributed by atoms with Crippen LogP contribution in [-0.2, 0) is 14.3 Å². The maximum Gasteiger partial charge on any atom is 0.329 e. The van der Waals surface area contributed by atoms with Gasteiger partial charge in [-0.15, -0.1) is 0 Å². The first-order valence-corrected chi connectivity index (χ1v) is 10.0. The van der Waals surface area contributed by atoms with Gasteiger partial charge in [-0.25, -0.2) is 9.59 Å². The van der Waals surface area contributed by atoms with E-state index in [-0.39, 0.29) is 17.2 Å². The summed E-state index contributed by atoms with van der Waals surface area (Å²) in [6.07, 6.45) is 4.03. The summed E-state index contributed by atoms with van der Waals surface area (Å²) < 4.78 is 4.91. The molecule has 3 atom stereocenters. The predicted octanol–water partition coefficient (Wildman–Crippen LogP) is 1.62. The number of nitrogens with one attached hydrogen (secondary N) is 2. The summed E-state index contributed by atoms with van der Waals surface area (Å²) >= 11 is 0. The zero-order chi connectivity index (χ0) is 21.8. The van der Waals surface area contributed by atoms with Gasteiger partial charge in [0, 0.05) is 6.04 Å². The second-order valence-electron chi connectivity index (χ2n) is 7.70. The Morgan fingerprint density at radius 1 is 1.10 bits per heavy atom. The number of hydrogen-bond acceptors (Lipinski definition) is 6. The maximum atomic E-state index is 12.4. The lowest BCUT2D eigenvalue weighted by molar-refractivity contribution is -0.151. The second kappa shape index (κ2) is 9.06. The van der Waals surface area contributed by atoms with Crippen LogP contribution in [0.2, 0.25) is 0 Å². The molecular formula is C21H25N3O6. The van der Waals surface area contributed by atoms with Crippen molar-refractivity contribution in [3.63, 3.8) is 0 Å². The minimum atomic E-state index is -1.21. The van der Waals surface area contributed by atoms with E-state index in [0.29, 0.717) is 5.92 Å². The van der Waals surface area contributed by atoms with Crippen molar-refractivity contribution in [2.45, 2.75) is 51.6 Å². The highest BCUT2D eigenvalue weighted by molar-refractivity contribution is 6.22. The topological polar surface area (TPSA) is 122 Å². The van der Waals surface area contributed by atoms with Crippen LogP contribution in [0.1, 0.15) is 60.2 Å². The van der Waals surface area contributed by atoms with E-state index in [2.05, 4.69) is 10.6 Å². The Morgan fingerprint density at radius 2 is 1.70 bits per heavy atom. The standard InChI is InChI=1S/C21H25N3O6/c1-12-7-3-6-10-16(12)22-21(29)23-17(25)11-30-20(28)13(2)24-18(26)14-8-4-5-9-15(14)19(24)27/h4-5,8-9,12-13,16H,3,6-7,10-11H2,1-2H3,(H2,22,23,25,29). The third-order valence-corrected chi connectivity index (χ3v) is 5.58. The van der Waals surface area contributed by atoms with Crippen molar-refractivity contribution in [3.8, 4) is 0 Å². The molecule has 1 aromatic carbocycles. The molecule has 0 radical (unpaired) electrons. The van der Waals surface area contributed by atoms with Crippen molar-refractivity contribution in [1.29, 1.82) is 0 Å². The lowest BCUT2D eigenvalue weighted by atomic mass is 9.86. The fraction of sp³-hybridized carbons (Fsp3) is 0.476. The van der Waals surface area contributed by atoms with Gasteiger partial charge in [-0.3, -0.25) is 24.6 Å². The molecule has 160 valence electrons. The predicted molar refractivity (Wildman–Crippen MR) is 105 cm³/mol. The van der Waals surface area contributed by atoms with Crippen molar-refractivity contribution in [2.24, 2.45) is 5.92 Å². The van der Waals surface area contributed by atoms with Crippen molar-refractivity contribution in [3.05, 3.63) is 35.4 Å². The van der Waals surface area contributed by atoms with Gasteiger partial charge in [0.2, 0.25) is 0 Å². The first-order valence-electron chi connectivity index (χ1n) is 10.0. The molecule has 2 N–H and O–H groups in total. The minimum Gasteiger partial charge on any atom is -0.454 e. The lowest BCUT2D eigenvalue weighted by Crippen LogP contribution is -2.49. The molecular weight excluding hydrogens is 390 g/mol. The number of carbonyl (C=O) groups is 5. The Hall–Kier alpha value is -3.23. The van der Waals surface area contributed by atoms with E-state index in [9.17, 15) is 24.0 Å². The smallest absolute Gasteiger partial charge is 0.329 e. The number of urea groups is 1. The Morgan fingerprint density at radius 3 is 2.30 bits per heavy atom. The quantitative estimate of drug-likeness (QED) is 0.557. The van der Waals surface area contributed by atoms with Crippen LogP contribution in [0.5, 0.6) is 0 Å². The Labute approximate surface area is 174 Å². The van der Waals surface area contributed by atoms with Gasteiger partial charge < -0.3 is 10.1 Å². The Bertz CT molecular complexity index is 848. The summed E-state index contributed by atoms with van der Waals surface area (Å²) in [7, 11) is 0. The zero-order valence-electron chi connectivity index (χ0n) is 17.0. The number of benzene rings is 1. The van der Waals surface area contributed by atoms with Crippen molar-refractivity contribution < 1.29 is 28.7 Å². The van der Waals surface area contributed by atoms with Crippen molar-refractivity contribution in [2.75, 3.05) is 6.61 Å². The molecule has 5 amide bonds. The molecule has 3 rings (SSSR count). The molecule has 9 heteroatoms. The maximum absolute atomic E-state index is 12.4. The van der Waals surface area contributed by atoms with Gasteiger partial charge in [-0.05, 0) is 37.8 Å². The number of fused-ring (bicyclic) bond motifs is 1. The number of carbonyl (C=O) groups excluding carboxylic acids is 5. The van der Waals surface area contributed by atoms with Crippen LogP contribution in [0.15, 0.2) is 24.3 Å². The molecule has 1 aliphatic carbocycles. The number of rotatable bonds is 5. The van der Waals surface area contributed by atoms with Crippen molar-refractivity contribution >= 4 is 29.7 Å². The monoisotopic (exact) mass is 415 g/mol. The molecule has 3 unspecified atom stereocenters. The van der Waals surface area contributed by atoms with E-state index in [1.165, 1.54) is 19.1 Å². The van der Waals surface area contributed by atoms with Gasteiger partial charge in [-0.2, -0.15) is 0 Å². The van der Waals surface area contributed by atoms with Crippen LogP contribution >= 0.6 is 0 Å². The van der Waals surface area contributed by atoms with E-state index in [1.807, 2.05) is 6.92 Å². The molecule has 9 nitrogen and oxygen atoms in total. The summed E-state index contributed by atoms with van der Waals surface area (Å²) in [6, 6.07) is 4.42. The molecule has 0 spiro atoms. The van der Waals surface area contributed by atoms with Crippen LogP contribution in [0, 0.1) is 5.92 Å². The highest BCUT2D eigenvalue weighted by atomic mass is 16.5. The van der Waals surface area contributed by atoms with E-state index >= 15 is 0 Å². The van der Waals surface area contributed by atoms with Crippen LogP contribution in [0.3, 0.4) is 0 Å². The largest absolute Gasteiger partial charge is 0.454 e. The molecule has 0 bridgehead atoms. The number of imide groups is 2. The number of hydrogen-bond donors (Lipinski definition) is 2. The third-order valence-electron chi connectivity index (χ3n) is 5.58. The summed E-state index contributed by atoms with van der Waals surface area (Å²) in [5.41, 5.74) is 0.432. The SMILES string of the molecule is CC1CCCCC1NC(=O)NC(=O)COC(=O)C(C)N1C(=O)c2ccccc2C1=O. The summed E-state index contributed by atoms with van der Waals surface area (Å²) in [6.45, 7) is 2.70. The van der Waals surface area contributed by atoms with Gasteiger partial charge in [-0.1, -0.05) is 31.9 Å². The Balaban J connectivity index is 1.48. The molecule has 30 heavy (non-hydrogen) atoms. The molecule has 0 aromatic heterocycles. The number of ether oxygens (including phenoxy) is 1. The van der Waals surface area contributed by atoms with Crippen LogP contribution < -0.4 is 10.6 Å². The fourth-order valence-electron chi connectivity index (χ4n) is 3.82. The summed E-state index contributed by atoms with van der Waals surface area (Å²) in [5, 5.41) is 4.90. The molecule has 1 saturated carbocycles. The number of amides is 5. The van der Waals surface area contributed by atoms with Crippen molar-refractivity contribution in [1.82, 2.24) is 15.5 Å². The van der Waals surface area contributed by atoms with Crippen LogP contribution in [-0.4, -0.2) is 53.3 Å². The van der Waals surface area contributed by atoms with E-state index in [1.54, 1.807) is 12.1 Å². The average molecular weight is 415 g/mol. The average Bonchev–Trinajstić information content (AvgIpc) is 2.98. The lowest BCUT2D eigenvalue weighted by Gasteiger charge is -2.29. The highest BCUT2D eigenvalue weighted by Crippen LogP contribution is 2.25. The normalized spacial score (nSPS) is 21.6. The molecule has 0 saturated heterocycles. The first kappa shape index (κ1) is 21.5. The van der Waals surface area contributed by atoms with E-state index in [0.717, 1.165) is 30.6 Å². The molecule has 1 fully saturated rings. The molecule has 1 aliphatic heterocycles. The van der Waals surface area contributed by atoms with Crippen LogP contribution in [0.25, 0.3) is 0 Å². The van der Waals surface area contributed by atoms with E-state index < -0.39 is 42.4 Å². The third kappa shape index (κ3) is 4.50. The number of esters is 1. The molecule has 1 aromatic rings. The minimum absolute atomic E-state index is 0.00273. The summed E-state index contributed by atoms with van der Waals surface area (Å²) in [4.78, 5) is 61.8. The van der Waals surface area contributed by atoms with E-state index in [4.69, 9.17) is 4.74 Å². The molecule has 2 aliphatic rings. The Kier molecular flexibility index (Phi) is 6.49.